The van der Waals surface area contributed by atoms with Crippen LogP contribution < -0.4 is 10.2 Å². The number of aromatic nitrogens is 1. The van der Waals surface area contributed by atoms with Gasteiger partial charge in [-0.25, -0.2) is 4.98 Å². The van der Waals surface area contributed by atoms with Crippen LogP contribution in [-0.2, 0) is 6.54 Å². The summed E-state index contributed by atoms with van der Waals surface area (Å²) in [5, 5.41) is 3.30. The van der Waals surface area contributed by atoms with Crippen molar-refractivity contribution in [1.29, 1.82) is 0 Å². The van der Waals surface area contributed by atoms with Crippen LogP contribution in [0.5, 0.6) is 0 Å². The first-order valence-corrected chi connectivity index (χ1v) is 8.28. The first-order chi connectivity index (χ1) is 11.1. The van der Waals surface area contributed by atoms with Gasteiger partial charge in [-0.3, -0.25) is 0 Å². The minimum absolute atomic E-state index is 0.661. The second-order valence-electron chi connectivity index (χ2n) is 6.45. The average Bonchev–Trinajstić information content (AvgIpc) is 2.99. The molecule has 0 aliphatic carbocycles. The summed E-state index contributed by atoms with van der Waals surface area (Å²) < 4.78 is 5.55. The number of piperidine rings is 1. The minimum atomic E-state index is 0.661. The van der Waals surface area contributed by atoms with Gasteiger partial charge in [0.2, 0.25) is 0 Å². The molecule has 0 saturated carbocycles. The molecule has 0 unspecified atom stereocenters. The van der Waals surface area contributed by atoms with Gasteiger partial charge in [0, 0.05) is 19.1 Å². The standard InChI is InChI=1S/C18H26N4O/c1-14-4-6-17(23-14)13-20-18-7-5-16(12-19-18)22-10-8-15(9-11-22)21(2)3/h4-7,12,15H,8-11,13H2,1-3H3,(H,19,20). The van der Waals surface area contributed by atoms with Crippen LogP contribution in [0.25, 0.3) is 0 Å². The Morgan fingerprint density at radius 3 is 2.57 bits per heavy atom. The summed E-state index contributed by atoms with van der Waals surface area (Å²) in [7, 11) is 4.34. The number of pyridine rings is 1. The molecule has 1 N–H and O–H groups in total. The maximum absolute atomic E-state index is 5.55. The Bertz CT molecular complexity index is 612. The molecule has 2 aromatic rings. The van der Waals surface area contributed by atoms with Gasteiger partial charge in [-0.1, -0.05) is 0 Å². The fourth-order valence-electron chi connectivity index (χ4n) is 3.08. The molecule has 124 valence electrons. The van der Waals surface area contributed by atoms with E-state index in [0.717, 1.165) is 30.4 Å². The van der Waals surface area contributed by atoms with Gasteiger partial charge in [0.1, 0.15) is 17.3 Å². The van der Waals surface area contributed by atoms with Crippen LogP contribution >= 0.6 is 0 Å². The number of hydrogen-bond donors (Lipinski definition) is 1. The molecule has 3 heterocycles. The quantitative estimate of drug-likeness (QED) is 0.918. The molecule has 1 saturated heterocycles. The first kappa shape index (κ1) is 15.9. The number of furan rings is 1. The second-order valence-corrected chi connectivity index (χ2v) is 6.45. The summed E-state index contributed by atoms with van der Waals surface area (Å²) >= 11 is 0. The predicted molar refractivity (Wildman–Crippen MR) is 93.9 cm³/mol. The molecular formula is C18H26N4O. The Kier molecular flexibility index (Phi) is 4.86. The smallest absolute Gasteiger partial charge is 0.126 e. The van der Waals surface area contributed by atoms with Gasteiger partial charge in [-0.15, -0.1) is 0 Å². The Balaban J connectivity index is 1.53. The Morgan fingerprint density at radius 2 is 2.00 bits per heavy atom. The van der Waals surface area contributed by atoms with Crippen LogP contribution in [0.3, 0.4) is 0 Å². The van der Waals surface area contributed by atoms with Gasteiger partial charge in [0.15, 0.2) is 0 Å². The van der Waals surface area contributed by atoms with Gasteiger partial charge >= 0.3 is 0 Å². The number of aryl methyl sites for hydroxylation is 1. The van der Waals surface area contributed by atoms with E-state index in [1.165, 1.54) is 18.5 Å². The largest absolute Gasteiger partial charge is 0.465 e. The summed E-state index contributed by atoms with van der Waals surface area (Å²) in [4.78, 5) is 9.28. The average molecular weight is 314 g/mol. The molecule has 1 fully saturated rings. The summed E-state index contributed by atoms with van der Waals surface area (Å²) in [5.74, 6) is 2.75. The normalized spacial score (nSPS) is 16.1. The molecule has 23 heavy (non-hydrogen) atoms. The summed E-state index contributed by atoms with van der Waals surface area (Å²) in [5.41, 5.74) is 1.21. The van der Waals surface area contributed by atoms with E-state index in [1.54, 1.807) is 0 Å². The van der Waals surface area contributed by atoms with Crippen LogP contribution in [0.15, 0.2) is 34.9 Å². The zero-order chi connectivity index (χ0) is 16.2. The molecule has 3 rings (SSSR count). The third-order valence-corrected chi connectivity index (χ3v) is 4.55. The van der Waals surface area contributed by atoms with Gasteiger partial charge in [-0.05, 0) is 58.1 Å². The van der Waals surface area contributed by atoms with Crippen LogP contribution in [-0.4, -0.2) is 43.1 Å². The molecule has 0 bridgehead atoms. The fourth-order valence-corrected chi connectivity index (χ4v) is 3.08. The zero-order valence-electron chi connectivity index (χ0n) is 14.2. The highest BCUT2D eigenvalue weighted by Crippen LogP contribution is 2.22. The first-order valence-electron chi connectivity index (χ1n) is 8.28. The Hall–Kier alpha value is -2.01. The van der Waals surface area contributed by atoms with Crippen LogP contribution in [0.2, 0.25) is 0 Å². The lowest BCUT2D eigenvalue weighted by Gasteiger charge is -2.36. The molecule has 0 atom stereocenters. The van der Waals surface area contributed by atoms with Crippen LogP contribution in [0.1, 0.15) is 24.4 Å². The Morgan fingerprint density at radius 1 is 1.22 bits per heavy atom. The van der Waals surface area contributed by atoms with Crippen molar-refractivity contribution in [2.45, 2.75) is 32.4 Å². The van der Waals surface area contributed by atoms with E-state index in [0.29, 0.717) is 12.6 Å². The SMILES string of the molecule is Cc1ccc(CNc2ccc(N3CCC(N(C)C)CC3)cn2)o1. The lowest BCUT2D eigenvalue weighted by Crippen LogP contribution is -2.42. The van der Waals surface area contributed by atoms with Gasteiger partial charge in [-0.2, -0.15) is 0 Å². The van der Waals surface area contributed by atoms with Crippen LogP contribution in [0, 0.1) is 6.92 Å². The van der Waals surface area contributed by atoms with E-state index >= 15 is 0 Å². The molecule has 1 aliphatic rings. The topological polar surface area (TPSA) is 44.5 Å². The number of hydrogen-bond acceptors (Lipinski definition) is 5. The number of anilines is 2. The molecule has 0 aromatic carbocycles. The lowest BCUT2D eigenvalue weighted by atomic mass is 10.0. The van der Waals surface area contributed by atoms with Crippen molar-refractivity contribution in [3.8, 4) is 0 Å². The predicted octanol–water partition coefficient (Wildman–Crippen LogP) is 3.13. The van der Waals surface area contributed by atoms with Crippen molar-refractivity contribution in [1.82, 2.24) is 9.88 Å². The van der Waals surface area contributed by atoms with E-state index in [-0.39, 0.29) is 0 Å². The van der Waals surface area contributed by atoms with Gasteiger partial charge in [0.25, 0.3) is 0 Å². The zero-order valence-corrected chi connectivity index (χ0v) is 14.2. The monoisotopic (exact) mass is 314 g/mol. The molecule has 0 radical (unpaired) electrons. The lowest BCUT2D eigenvalue weighted by molar-refractivity contribution is 0.249. The highest BCUT2D eigenvalue weighted by atomic mass is 16.3. The number of rotatable bonds is 5. The van der Waals surface area contributed by atoms with Crippen molar-refractivity contribution in [2.75, 3.05) is 37.4 Å². The molecular weight excluding hydrogens is 288 g/mol. The maximum atomic E-state index is 5.55. The summed E-state index contributed by atoms with van der Waals surface area (Å²) in [6, 6.07) is 8.87. The van der Waals surface area contributed by atoms with Crippen molar-refractivity contribution < 1.29 is 4.42 Å². The molecule has 0 spiro atoms. The van der Waals surface area contributed by atoms with Gasteiger partial charge < -0.3 is 19.5 Å². The van der Waals surface area contributed by atoms with Crippen molar-refractivity contribution in [3.63, 3.8) is 0 Å². The second kappa shape index (κ2) is 7.04. The van der Waals surface area contributed by atoms with E-state index in [2.05, 4.69) is 40.3 Å². The van der Waals surface area contributed by atoms with E-state index in [9.17, 15) is 0 Å². The Labute approximate surface area is 138 Å². The summed E-state index contributed by atoms with van der Waals surface area (Å²) in [6.45, 7) is 4.82. The maximum Gasteiger partial charge on any atom is 0.126 e. The number of nitrogens with one attached hydrogen (secondary N) is 1. The molecule has 5 nitrogen and oxygen atoms in total. The molecule has 5 heteroatoms. The van der Waals surface area contributed by atoms with Gasteiger partial charge in [0.05, 0.1) is 18.4 Å². The number of nitrogens with zero attached hydrogens (tertiary/aromatic N) is 3. The summed E-state index contributed by atoms with van der Waals surface area (Å²) in [6.07, 6.45) is 4.39. The van der Waals surface area contributed by atoms with E-state index in [1.807, 2.05) is 31.3 Å². The molecule has 0 amide bonds. The minimum Gasteiger partial charge on any atom is -0.465 e. The highest BCUT2D eigenvalue weighted by Gasteiger charge is 2.20. The highest BCUT2D eigenvalue weighted by molar-refractivity contribution is 5.49. The van der Waals surface area contributed by atoms with E-state index in [4.69, 9.17) is 4.42 Å². The fraction of sp³-hybridized carbons (Fsp3) is 0.500. The third kappa shape index (κ3) is 4.05. The third-order valence-electron chi connectivity index (χ3n) is 4.55. The molecule has 2 aromatic heterocycles. The van der Waals surface area contributed by atoms with E-state index < -0.39 is 0 Å². The van der Waals surface area contributed by atoms with Crippen molar-refractivity contribution in [3.05, 3.63) is 42.0 Å². The van der Waals surface area contributed by atoms with Crippen molar-refractivity contribution >= 4 is 11.5 Å². The molecule has 1 aliphatic heterocycles. The van der Waals surface area contributed by atoms with Crippen LogP contribution in [0.4, 0.5) is 11.5 Å². The van der Waals surface area contributed by atoms with Crippen molar-refractivity contribution in [2.24, 2.45) is 0 Å².